The van der Waals surface area contributed by atoms with Gasteiger partial charge in [0.15, 0.2) is 17.6 Å². The summed E-state index contributed by atoms with van der Waals surface area (Å²) in [4.78, 5) is 26.9. The molecule has 11 heteroatoms. The molecule has 11 nitrogen and oxygen atoms in total. The molecule has 0 spiro atoms. The molecule has 0 aliphatic carbocycles. The van der Waals surface area contributed by atoms with Gasteiger partial charge in [-0.05, 0) is 42.9 Å². The fourth-order valence-electron chi connectivity index (χ4n) is 4.79. The molecule has 2 aliphatic rings. The minimum Gasteiger partial charge on any atom is -0.467 e. The number of nitrogens with one attached hydrogen (secondary N) is 1. The van der Waals surface area contributed by atoms with E-state index in [9.17, 15) is 9.90 Å². The van der Waals surface area contributed by atoms with Crippen LogP contribution < -0.4 is 11.1 Å². The first-order valence-corrected chi connectivity index (χ1v) is 12.9. The highest BCUT2D eigenvalue weighted by atomic mass is 16.6. The van der Waals surface area contributed by atoms with Crippen LogP contribution in [0.4, 0.5) is 11.5 Å². The topological polar surface area (TPSA) is 141 Å². The smallest absolute Gasteiger partial charge is 0.224 e. The van der Waals surface area contributed by atoms with Crippen molar-refractivity contribution in [1.29, 1.82) is 0 Å². The number of carbonyl (C=O) groups excluding carboxylic acids is 1. The summed E-state index contributed by atoms with van der Waals surface area (Å²) in [6.07, 6.45) is 4.19. The van der Waals surface area contributed by atoms with Gasteiger partial charge < -0.3 is 30.5 Å². The minimum atomic E-state index is -0.944. The number of rotatable bonds is 7. The standard InChI is InChI=1S/C27H35N7O4/c1-16-33(12-6-5-7-20(35)32-18-10-8-17(9-11-18)27(2,3)4)13-19-23(37-16)22(36)26(38-19)34-15-31-21-24(28)29-14-30-25(21)34/h8-11,13-16,22-23,26,36H,5-7,12H2,1-4H3,(H,32,35)(H2,28,29,30)/t16?,22-,23-,26-/m1/s1. The number of hydrogen-bond acceptors (Lipinski definition) is 9. The molecule has 3 aromatic rings. The number of aliphatic hydroxyl groups excluding tert-OH is 1. The second-order valence-electron chi connectivity index (χ2n) is 10.8. The van der Waals surface area contributed by atoms with Crippen LogP contribution in [0.15, 0.2) is 48.9 Å². The van der Waals surface area contributed by atoms with Gasteiger partial charge >= 0.3 is 0 Å². The number of nitrogens with zero attached hydrogens (tertiary/aromatic N) is 5. The molecular formula is C27H35N7O4. The Labute approximate surface area is 221 Å². The Morgan fingerprint density at radius 1 is 1.16 bits per heavy atom. The summed E-state index contributed by atoms with van der Waals surface area (Å²) < 4.78 is 13.8. The van der Waals surface area contributed by atoms with Crippen molar-refractivity contribution in [2.45, 2.75) is 77.0 Å². The van der Waals surface area contributed by atoms with E-state index in [0.717, 1.165) is 18.5 Å². The van der Waals surface area contributed by atoms with Crippen LogP contribution in [0.5, 0.6) is 0 Å². The van der Waals surface area contributed by atoms with Crippen LogP contribution in [0.3, 0.4) is 0 Å². The van der Waals surface area contributed by atoms with Gasteiger partial charge in [0.1, 0.15) is 36.3 Å². The second-order valence-corrected chi connectivity index (χ2v) is 10.8. The summed E-state index contributed by atoms with van der Waals surface area (Å²) in [5.41, 5.74) is 8.94. The third kappa shape index (κ3) is 5.16. The van der Waals surface area contributed by atoms with Gasteiger partial charge in [0.05, 0.1) is 0 Å². The van der Waals surface area contributed by atoms with Gasteiger partial charge in [0, 0.05) is 24.9 Å². The number of unbranched alkanes of at least 4 members (excludes halogenated alkanes) is 1. The quantitative estimate of drug-likeness (QED) is 0.399. The van der Waals surface area contributed by atoms with Crippen molar-refractivity contribution in [2.24, 2.45) is 0 Å². The Morgan fingerprint density at radius 3 is 2.66 bits per heavy atom. The Hall–Kier alpha value is -3.70. The normalized spacial score (nSPS) is 23.2. The highest BCUT2D eigenvalue weighted by Gasteiger charge is 2.46. The summed E-state index contributed by atoms with van der Waals surface area (Å²) in [5, 5.41) is 13.9. The molecule has 202 valence electrons. The minimum absolute atomic E-state index is 0.00281. The average Bonchev–Trinajstić information content (AvgIpc) is 3.43. The number of amides is 1. The highest BCUT2D eigenvalue weighted by molar-refractivity contribution is 5.90. The first kappa shape index (κ1) is 25.9. The number of hydrogen-bond donors (Lipinski definition) is 3. The van der Waals surface area contributed by atoms with E-state index in [-0.39, 0.29) is 23.4 Å². The Bertz CT molecular complexity index is 1330. The van der Waals surface area contributed by atoms with E-state index in [2.05, 4.69) is 53.2 Å². The zero-order valence-corrected chi connectivity index (χ0v) is 22.2. The third-order valence-electron chi connectivity index (χ3n) is 7.01. The summed E-state index contributed by atoms with van der Waals surface area (Å²) in [5.74, 6) is 0.805. The molecule has 38 heavy (non-hydrogen) atoms. The molecule has 1 aromatic carbocycles. The number of nitrogens with two attached hydrogens (primary N) is 1. The van der Waals surface area contributed by atoms with Crippen molar-refractivity contribution in [3.05, 3.63) is 54.4 Å². The fourth-order valence-corrected chi connectivity index (χ4v) is 4.79. The molecule has 4 atom stereocenters. The van der Waals surface area contributed by atoms with Gasteiger partial charge in [-0.1, -0.05) is 32.9 Å². The molecular weight excluding hydrogens is 486 g/mol. The van der Waals surface area contributed by atoms with E-state index in [1.807, 2.05) is 30.2 Å². The van der Waals surface area contributed by atoms with Crippen LogP contribution in [0.1, 0.15) is 58.7 Å². The maximum atomic E-state index is 12.4. The number of aliphatic hydroxyl groups is 1. The fraction of sp³-hybridized carbons (Fsp3) is 0.481. The molecule has 1 unspecified atom stereocenters. The van der Waals surface area contributed by atoms with Crippen LogP contribution in [0.25, 0.3) is 11.2 Å². The predicted octanol–water partition coefficient (Wildman–Crippen LogP) is 3.29. The Morgan fingerprint density at radius 2 is 1.92 bits per heavy atom. The average molecular weight is 522 g/mol. The lowest BCUT2D eigenvalue weighted by Crippen LogP contribution is -2.43. The number of aromatic nitrogens is 4. The number of nitrogen functional groups attached to an aromatic ring is 1. The van der Waals surface area contributed by atoms with Gasteiger partial charge in [0.25, 0.3) is 0 Å². The first-order chi connectivity index (χ1) is 18.1. The molecule has 4 N–H and O–H groups in total. The van der Waals surface area contributed by atoms with Crippen LogP contribution in [-0.4, -0.2) is 60.4 Å². The second kappa shape index (κ2) is 10.2. The van der Waals surface area contributed by atoms with Gasteiger partial charge in [-0.25, -0.2) is 15.0 Å². The van der Waals surface area contributed by atoms with Crippen molar-refractivity contribution < 1.29 is 19.4 Å². The molecule has 2 aliphatic heterocycles. The van der Waals surface area contributed by atoms with E-state index in [1.165, 1.54) is 18.2 Å². The van der Waals surface area contributed by atoms with Crippen molar-refractivity contribution in [2.75, 3.05) is 17.6 Å². The number of fused-ring (bicyclic) bond motifs is 2. The molecule has 1 fully saturated rings. The first-order valence-electron chi connectivity index (χ1n) is 12.9. The Kier molecular flexibility index (Phi) is 6.97. The lowest BCUT2D eigenvalue weighted by atomic mass is 9.87. The SMILES string of the molecule is CC1O[C@@H]2C(=CN1CCCCC(=O)Nc1ccc(C(C)(C)C)cc1)O[C@@H](n1cnc3c(N)ncnc31)[C@@H]2O. The van der Waals surface area contributed by atoms with Crippen LogP contribution in [0, 0.1) is 0 Å². The Balaban J connectivity index is 1.14. The van der Waals surface area contributed by atoms with Gasteiger partial charge in [-0.3, -0.25) is 9.36 Å². The maximum Gasteiger partial charge on any atom is 0.224 e. The summed E-state index contributed by atoms with van der Waals surface area (Å²) in [7, 11) is 0. The maximum absolute atomic E-state index is 12.4. The molecule has 2 aromatic heterocycles. The molecule has 0 saturated carbocycles. The zero-order chi connectivity index (χ0) is 27.0. The van der Waals surface area contributed by atoms with Gasteiger partial charge in [-0.15, -0.1) is 0 Å². The lowest BCUT2D eigenvalue weighted by Gasteiger charge is -2.34. The van der Waals surface area contributed by atoms with Crippen LogP contribution >= 0.6 is 0 Å². The number of anilines is 2. The predicted molar refractivity (Wildman–Crippen MR) is 143 cm³/mol. The largest absolute Gasteiger partial charge is 0.467 e. The lowest BCUT2D eigenvalue weighted by molar-refractivity contribution is -0.116. The van der Waals surface area contributed by atoms with Crippen LogP contribution in [0.2, 0.25) is 0 Å². The monoisotopic (exact) mass is 521 g/mol. The molecule has 0 bridgehead atoms. The molecule has 4 heterocycles. The van der Waals surface area contributed by atoms with Crippen LogP contribution in [-0.2, 0) is 19.7 Å². The summed E-state index contributed by atoms with van der Waals surface area (Å²) in [6.45, 7) is 9.11. The molecule has 5 rings (SSSR count). The van der Waals surface area contributed by atoms with Gasteiger partial charge in [0.2, 0.25) is 12.1 Å². The van der Waals surface area contributed by atoms with E-state index in [0.29, 0.717) is 29.9 Å². The highest BCUT2D eigenvalue weighted by Crippen LogP contribution is 2.39. The molecule has 1 saturated heterocycles. The third-order valence-corrected chi connectivity index (χ3v) is 7.01. The van der Waals surface area contributed by atoms with Gasteiger partial charge in [-0.2, -0.15) is 0 Å². The summed E-state index contributed by atoms with van der Waals surface area (Å²) >= 11 is 0. The van der Waals surface area contributed by atoms with E-state index < -0.39 is 18.4 Å². The van der Waals surface area contributed by atoms with Crippen molar-refractivity contribution in [1.82, 2.24) is 24.4 Å². The van der Waals surface area contributed by atoms with E-state index in [1.54, 1.807) is 4.57 Å². The van der Waals surface area contributed by atoms with Crippen molar-refractivity contribution in [3.8, 4) is 0 Å². The zero-order valence-electron chi connectivity index (χ0n) is 22.2. The number of carbonyl (C=O) groups is 1. The van der Waals surface area contributed by atoms with Crippen molar-refractivity contribution >= 4 is 28.6 Å². The van der Waals surface area contributed by atoms with E-state index in [4.69, 9.17) is 15.2 Å². The van der Waals surface area contributed by atoms with Crippen molar-refractivity contribution in [3.63, 3.8) is 0 Å². The number of benzene rings is 1. The molecule has 0 radical (unpaired) electrons. The number of imidazole rings is 1. The summed E-state index contributed by atoms with van der Waals surface area (Å²) in [6, 6.07) is 8.01. The van der Waals surface area contributed by atoms with E-state index >= 15 is 0 Å². The number of ether oxygens (including phenoxy) is 2. The molecule has 1 amide bonds.